The Balaban J connectivity index is 2.24. The molecule has 1 heterocycles. The summed E-state index contributed by atoms with van der Waals surface area (Å²) in [6, 6.07) is 6.26. The van der Waals surface area contributed by atoms with Crippen LogP contribution in [0.3, 0.4) is 0 Å². The fourth-order valence-corrected chi connectivity index (χ4v) is 3.44. The minimum Gasteiger partial charge on any atom is -0.508 e. The third-order valence-electron chi connectivity index (χ3n) is 3.06. The fraction of sp³-hybridized carbons (Fsp3) is 0.455. The molecule has 0 spiro atoms. The highest BCUT2D eigenvalue weighted by atomic mass is 32.2. The molecule has 5 heteroatoms. The first kappa shape index (κ1) is 11.4. The average Bonchev–Trinajstić information content (AvgIpc) is 2.24. The zero-order chi connectivity index (χ0) is 11.8. The van der Waals surface area contributed by atoms with Crippen LogP contribution in [-0.2, 0) is 15.4 Å². The molecule has 1 aromatic carbocycles. The summed E-state index contributed by atoms with van der Waals surface area (Å²) in [4.78, 5) is 0. The molecule has 1 fully saturated rings. The van der Waals surface area contributed by atoms with Gasteiger partial charge in [0, 0.05) is 0 Å². The summed E-state index contributed by atoms with van der Waals surface area (Å²) in [5.74, 6) is 0.171. The van der Waals surface area contributed by atoms with E-state index in [1.165, 1.54) is 12.1 Å². The Hall–Kier alpha value is -1.07. The average molecular weight is 242 g/mol. The van der Waals surface area contributed by atoms with E-state index in [1.54, 1.807) is 12.1 Å². The van der Waals surface area contributed by atoms with E-state index in [1.807, 2.05) is 0 Å². The molecule has 1 aliphatic rings. The van der Waals surface area contributed by atoms with Crippen molar-refractivity contribution in [3.63, 3.8) is 0 Å². The molecule has 1 aromatic rings. The van der Waals surface area contributed by atoms with E-state index >= 15 is 0 Å². The first-order valence-corrected chi connectivity index (χ1v) is 6.96. The topological polar surface area (TPSA) is 74.6 Å². The maximum atomic E-state index is 11.3. The van der Waals surface area contributed by atoms with Crippen LogP contribution < -0.4 is 0 Å². The summed E-state index contributed by atoms with van der Waals surface area (Å²) in [5, 5.41) is 19.5. The van der Waals surface area contributed by atoms with E-state index in [9.17, 15) is 13.5 Å². The van der Waals surface area contributed by atoms with Crippen molar-refractivity contribution >= 4 is 9.84 Å². The second-order valence-electron chi connectivity index (χ2n) is 4.23. The molecular weight excluding hydrogens is 228 g/mol. The second-order valence-corrected chi connectivity index (χ2v) is 6.53. The van der Waals surface area contributed by atoms with Crippen molar-refractivity contribution in [2.24, 2.45) is 0 Å². The smallest absolute Gasteiger partial charge is 0.150 e. The van der Waals surface area contributed by atoms with Crippen LogP contribution in [0.15, 0.2) is 24.3 Å². The van der Waals surface area contributed by atoms with Gasteiger partial charge >= 0.3 is 0 Å². The Kier molecular flexibility index (Phi) is 2.67. The second kappa shape index (κ2) is 3.75. The number of rotatable bonds is 1. The van der Waals surface area contributed by atoms with Crippen LogP contribution in [0.1, 0.15) is 18.4 Å². The van der Waals surface area contributed by atoms with E-state index in [0.717, 1.165) is 0 Å². The van der Waals surface area contributed by atoms with Gasteiger partial charge in [-0.3, -0.25) is 0 Å². The monoisotopic (exact) mass is 242 g/mol. The number of phenols is 1. The quantitative estimate of drug-likeness (QED) is 0.763. The molecule has 1 aliphatic heterocycles. The van der Waals surface area contributed by atoms with Crippen molar-refractivity contribution in [2.75, 3.05) is 11.5 Å². The maximum Gasteiger partial charge on any atom is 0.150 e. The molecule has 0 unspecified atom stereocenters. The molecule has 0 bridgehead atoms. The van der Waals surface area contributed by atoms with Crippen molar-refractivity contribution in [3.05, 3.63) is 29.8 Å². The molecular formula is C11H14O4S. The number of hydrogen-bond acceptors (Lipinski definition) is 4. The van der Waals surface area contributed by atoms with Gasteiger partial charge in [0.15, 0.2) is 9.84 Å². The van der Waals surface area contributed by atoms with Gasteiger partial charge in [-0.1, -0.05) is 12.1 Å². The third-order valence-corrected chi connectivity index (χ3v) is 4.71. The predicted molar refractivity (Wildman–Crippen MR) is 59.9 cm³/mol. The van der Waals surface area contributed by atoms with Gasteiger partial charge in [0.25, 0.3) is 0 Å². The Labute approximate surface area is 94.5 Å². The van der Waals surface area contributed by atoms with Crippen molar-refractivity contribution in [1.82, 2.24) is 0 Å². The van der Waals surface area contributed by atoms with Gasteiger partial charge in [-0.15, -0.1) is 0 Å². The lowest BCUT2D eigenvalue weighted by Crippen LogP contribution is -2.36. The standard InChI is InChI=1S/C11H14O4S/c12-10-3-1-9(2-4-10)11(13)5-7-16(14,15)8-6-11/h1-4,12-13H,5-8H2. The molecule has 0 saturated carbocycles. The minimum absolute atomic E-state index is 0.0182. The molecule has 1 saturated heterocycles. The predicted octanol–water partition coefficient (Wildman–Crippen LogP) is 0.788. The van der Waals surface area contributed by atoms with E-state index in [2.05, 4.69) is 0 Å². The van der Waals surface area contributed by atoms with Crippen molar-refractivity contribution < 1.29 is 18.6 Å². The Morgan fingerprint density at radius 1 is 1.06 bits per heavy atom. The number of phenolic OH excluding ortho intramolecular Hbond substituents is 1. The summed E-state index contributed by atoms with van der Waals surface area (Å²) < 4.78 is 22.5. The molecule has 4 nitrogen and oxygen atoms in total. The van der Waals surface area contributed by atoms with Gasteiger partial charge in [0.05, 0.1) is 17.1 Å². The van der Waals surface area contributed by atoms with Gasteiger partial charge in [0.1, 0.15) is 5.75 Å². The summed E-state index contributed by atoms with van der Waals surface area (Å²) in [7, 11) is -2.98. The van der Waals surface area contributed by atoms with Crippen LogP contribution in [0.25, 0.3) is 0 Å². The van der Waals surface area contributed by atoms with Crippen LogP contribution >= 0.6 is 0 Å². The molecule has 0 radical (unpaired) electrons. The highest BCUT2D eigenvalue weighted by Crippen LogP contribution is 2.34. The molecule has 0 amide bonds. The number of aromatic hydroxyl groups is 1. The Bertz CT molecular complexity index is 461. The zero-order valence-corrected chi connectivity index (χ0v) is 9.57. The van der Waals surface area contributed by atoms with Crippen LogP contribution in [0.2, 0.25) is 0 Å². The lowest BCUT2D eigenvalue weighted by Gasteiger charge is -2.32. The van der Waals surface area contributed by atoms with Gasteiger partial charge in [0.2, 0.25) is 0 Å². The van der Waals surface area contributed by atoms with Gasteiger partial charge in [-0.05, 0) is 30.5 Å². The molecule has 88 valence electrons. The lowest BCUT2D eigenvalue weighted by molar-refractivity contribution is 0.0263. The number of aliphatic hydroxyl groups is 1. The highest BCUT2D eigenvalue weighted by molar-refractivity contribution is 7.91. The maximum absolute atomic E-state index is 11.3. The highest BCUT2D eigenvalue weighted by Gasteiger charge is 2.36. The van der Waals surface area contributed by atoms with Gasteiger partial charge in [-0.2, -0.15) is 0 Å². The number of sulfone groups is 1. The van der Waals surface area contributed by atoms with Crippen LogP contribution in [0.5, 0.6) is 5.75 Å². The first-order valence-electron chi connectivity index (χ1n) is 5.14. The van der Waals surface area contributed by atoms with E-state index in [0.29, 0.717) is 5.56 Å². The number of hydrogen-bond donors (Lipinski definition) is 2. The van der Waals surface area contributed by atoms with Crippen LogP contribution in [0, 0.1) is 0 Å². The fourth-order valence-electron chi connectivity index (χ4n) is 1.94. The van der Waals surface area contributed by atoms with Crippen molar-refractivity contribution in [1.29, 1.82) is 0 Å². The lowest BCUT2D eigenvalue weighted by atomic mass is 9.88. The Morgan fingerprint density at radius 3 is 2.06 bits per heavy atom. The molecule has 2 N–H and O–H groups in total. The normalized spacial score (nSPS) is 22.8. The zero-order valence-electron chi connectivity index (χ0n) is 8.76. The Morgan fingerprint density at radius 2 is 1.56 bits per heavy atom. The summed E-state index contributed by atoms with van der Waals surface area (Å²) in [5.41, 5.74) is -0.404. The minimum atomic E-state index is -2.98. The summed E-state index contributed by atoms with van der Waals surface area (Å²) in [6.45, 7) is 0. The van der Waals surface area contributed by atoms with E-state index in [4.69, 9.17) is 5.11 Å². The molecule has 0 aromatic heterocycles. The van der Waals surface area contributed by atoms with E-state index in [-0.39, 0.29) is 30.1 Å². The summed E-state index contributed by atoms with van der Waals surface area (Å²) >= 11 is 0. The molecule has 0 aliphatic carbocycles. The SMILES string of the molecule is O=S1(=O)CCC(O)(c2ccc(O)cc2)CC1. The third kappa shape index (κ3) is 2.20. The van der Waals surface area contributed by atoms with Gasteiger partial charge < -0.3 is 10.2 Å². The van der Waals surface area contributed by atoms with Crippen molar-refractivity contribution in [2.45, 2.75) is 18.4 Å². The van der Waals surface area contributed by atoms with Crippen molar-refractivity contribution in [3.8, 4) is 5.75 Å². The van der Waals surface area contributed by atoms with Crippen LogP contribution in [-0.4, -0.2) is 30.1 Å². The van der Waals surface area contributed by atoms with E-state index < -0.39 is 15.4 Å². The summed E-state index contributed by atoms with van der Waals surface area (Å²) in [6.07, 6.45) is 0.445. The molecule has 16 heavy (non-hydrogen) atoms. The molecule has 0 atom stereocenters. The first-order chi connectivity index (χ1) is 7.41. The number of benzene rings is 1. The van der Waals surface area contributed by atoms with Gasteiger partial charge in [-0.25, -0.2) is 8.42 Å². The van der Waals surface area contributed by atoms with Crippen LogP contribution in [0.4, 0.5) is 0 Å². The largest absolute Gasteiger partial charge is 0.508 e. The molecule has 2 rings (SSSR count).